The van der Waals surface area contributed by atoms with Crippen LogP contribution in [0.5, 0.6) is 5.75 Å². The number of benzene rings is 2. The molecule has 0 bridgehead atoms. The summed E-state index contributed by atoms with van der Waals surface area (Å²) in [6.07, 6.45) is 0.734. The minimum Gasteiger partial charge on any atom is -0.493 e. The molecule has 6 nitrogen and oxygen atoms in total. The highest BCUT2D eigenvalue weighted by Crippen LogP contribution is 2.28. The van der Waals surface area contributed by atoms with E-state index in [1.54, 1.807) is 23.5 Å². The van der Waals surface area contributed by atoms with Crippen LogP contribution in [0.3, 0.4) is 0 Å². The zero-order valence-electron chi connectivity index (χ0n) is 18.6. The highest BCUT2D eigenvalue weighted by molar-refractivity contribution is 7.15. The van der Waals surface area contributed by atoms with Gasteiger partial charge in [0.2, 0.25) is 0 Å². The molecule has 7 heteroatoms. The van der Waals surface area contributed by atoms with Crippen molar-refractivity contribution in [1.29, 1.82) is 0 Å². The maximum atomic E-state index is 10.9. The van der Waals surface area contributed by atoms with Crippen LogP contribution in [0.1, 0.15) is 21.7 Å². The molecule has 3 aromatic rings. The van der Waals surface area contributed by atoms with Gasteiger partial charge in [-0.25, -0.2) is 4.98 Å². The van der Waals surface area contributed by atoms with Gasteiger partial charge in [-0.2, -0.15) is 0 Å². The van der Waals surface area contributed by atoms with E-state index in [2.05, 4.69) is 47.9 Å². The molecule has 1 aromatic heterocycles. The molecule has 0 atom stereocenters. The van der Waals surface area contributed by atoms with Crippen LogP contribution >= 0.6 is 11.3 Å². The van der Waals surface area contributed by atoms with Gasteiger partial charge in [-0.3, -0.25) is 4.79 Å². The molecule has 0 amide bonds. The molecule has 0 saturated carbocycles. The molecule has 1 N–H and O–H groups in total. The number of carboxylic acids is 1. The summed E-state index contributed by atoms with van der Waals surface area (Å²) >= 11 is 1.75. The third kappa shape index (κ3) is 5.59. The van der Waals surface area contributed by atoms with E-state index < -0.39 is 5.97 Å². The van der Waals surface area contributed by atoms with Gasteiger partial charge in [-0.1, -0.05) is 29.8 Å². The standard InChI is InChI=1S/C25H29N3O3S/c1-18-6-8-21(9-7-18)27-11-13-28(14-12-27)25-26-23(19(2)32-25)10-15-31-22-5-3-4-20(16-22)17-24(29)30/h3-9,16H,10-15,17H2,1-2H3,(H,29,30). The summed E-state index contributed by atoms with van der Waals surface area (Å²) in [6, 6.07) is 16.0. The SMILES string of the molecule is Cc1ccc(N2CCN(c3nc(CCOc4cccc(CC(=O)O)c4)c(C)s3)CC2)cc1. The van der Waals surface area contributed by atoms with Crippen LogP contribution in [-0.4, -0.2) is 48.8 Å². The molecule has 1 saturated heterocycles. The minimum atomic E-state index is -0.840. The second-order valence-electron chi connectivity index (χ2n) is 8.13. The van der Waals surface area contributed by atoms with Crippen molar-refractivity contribution in [3.63, 3.8) is 0 Å². The number of anilines is 2. The molecule has 2 aromatic carbocycles. The van der Waals surface area contributed by atoms with Gasteiger partial charge in [0.25, 0.3) is 0 Å². The molecule has 1 fully saturated rings. The van der Waals surface area contributed by atoms with E-state index in [9.17, 15) is 4.79 Å². The van der Waals surface area contributed by atoms with E-state index in [4.69, 9.17) is 14.8 Å². The maximum absolute atomic E-state index is 10.9. The summed E-state index contributed by atoms with van der Waals surface area (Å²) in [4.78, 5) is 21.8. The number of nitrogens with zero attached hydrogens (tertiary/aromatic N) is 3. The van der Waals surface area contributed by atoms with Gasteiger partial charge >= 0.3 is 5.97 Å². The average molecular weight is 452 g/mol. The third-order valence-corrected chi connectivity index (χ3v) is 6.77. The number of ether oxygens (including phenoxy) is 1. The van der Waals surface area contributed by atoms with Crippen LogP contribution in [0.15, 0.2) is 48.5 Å². The zero-order chi connectivity index (χ0) is 22.5. The highest BCUT2D eigenvalue weighted by Gasteiger charge is 2.21. The van der Waals surface area contributed by atoms with Crippen LogP contribution in [-0.2, 0) is 17.6 Å². The van der Waals surface area contributed by atoms with E-state index in [-0.39, 0.29) is 6.42 Å². The maximum Gasteiger partial charge on any atom is 0.307 e. The lowest BCUT2D eigenvalue weighted by molar-refractivity contribution is -0.136. The number of carboxylic acid groups (broad SMARTS) is 1. The van der Waals surface area contributed by atoms with Crippen molar-refractivity contribution in [2.75, 3.05) is 42.6 Å². The number of aryl methyl sites for hydroxylation is 2. The Morgan fingerprint density at radius 2 is 1.78 bits per heavy atom. The molecular weight excluding hydrogens is 422 g/mol. The summed E-state index contributed by atoms with van der Waals surface area (Å²) in [5.74, 6) is -0.142. The van der Waals surface area contributed by atoms with Crippen molar-refractivity contribution < 1.29 is 14.6 Å². The number of carbonyl (C=O) groups is 1. The highest BCUT2D eigenvalue weighted by atomic mass is 32.1. The largest absolute Gasteiger partial charge is 0.493 e. The number of rotatable bonds is 8. The Morgan fingerprint density at radius 1 is 1.06 bits per heavy atom. The Balaban J connectivity index is 1.30. The Bertz CT molecular complexity index is 1060. The summed E-state index contributed by atoms with van der Waals surface area (Å²) < 4.78 is 5.86. The lowest BCUT2D eigenvalue weighted by Crippen LogP contribution is -2.46. The number of hydrogen-bond donors (Lipinski definition) is 1. The second kappa shape index (κ2) is 10.0. The van der Waals surface area contributed by atoms with Gasteiger partial charge in [0.1, 0.15) is 5.75 Å². The van der Waals surface area contributed by atoms with Crippen molar-refractivity contribution in [1.82, 2.24) is 4.98 Å². The lowest BCUT2D eigenvalue weighted by Gasteiger charge is -2.36. The first-order valence-corrected chi connectivity index (χ1v) is 11.8. The van der Waals surface area contributed by atoms with Gasteiger partial charge in [0.05, 0.1) is 18.7 Å². The first-order valence-electron chi connectivity index (χ1n) is 10.9. The van der Waals surface area contributed by atoms with Crippen molar-refractivity contribution >= 4 is 28.1 Å². The number of thiazole rings is 1. The zero-order valence-corrected chi connectivity index (χ0v) is 19.4. The fourth-order valence-electron chi connectivity index (χ4n) is 3.88. The molecule has 0 spiro atoms. The van der Waals surface area contributed by atoms with E-state index in [1.807, 2.05) is 12.1 Å². The first-order chi connectivity index (χ1) is 15.5. The molecule has 2 heterocycles. The van der Waals surface area contributed by atoms with Crippen LogP contribution in [0.4, 0.5) is 10.8 Å². The molecule has 0 aliphatic carbocycles. The van der Waals surface area contributed by atoms with Crippen LogP contribution in [0, 0.1) is 13.8 Å². The normalized spacial score (nSPS) is 13.9. The molecule has 32 heavy (non-hydrogen) atoms. The summed E-state index contributed by atoms with van der Waals surface area (Å²) in [7, 11) is 0. The van der Waals surface area contributed by atoms with Gasteiger partial charge in [-0.05, 0) is 43.7 Å². The smallest absolute Gasteiger partial charge is 0.307 e. The number of aromatic nitrogens is 1. The average Bonchev–Trinajstić information content (AvgIpc) is 3.15. The third-order valence-electron chi connectivity index (χ3n) is 5.69. The van der Waals surface area contributed by atoms with Crippen molar-refractivity contribution in [2.24, 2.45) is 0 Å². The second-order valence-corrected chi connectivity index (χ2v) is 9.31. The number of piperazine rings is 1. The Hall–Kier alpha value is -3.06. The molecule has 1 aliphatic heterocycles. The Morgan fingerprint density at radius 3 is 2.50 bits per heavy atom. The molecule has 168 valence electrons. The number of aliphatic carboxylic acids is 1. The van der Waals surface area contributed by atoms with Gasteiger partial charge in [0.15, 0.2) is 5.13 Å². The molecule has 0 unspecified atom stereocenters. The first kappa shape index (κ1) is 22.1. The fourth-order valence-corrected chi connectivity index (χ4v) is 4.88. The van der Waals surface area contributed by atoms with E-state index in [1.165, 1.54) is 16.1 Å². The minimum absolute atomic E-state index is 0.00291. The van der Waals surface area contributed by atoms with Gasteiger partial charge < -0.3 is 19.6 Å². The van der Waals surface area contributed by atoms with Crippen molar-refractivity contribution in [3.8, 4) is 5.75 Å². The fraction of sp³-hybridized carbons (Fsp3) is 0.360. The molecule has 0 radical (unpaired) electrons. The predicted octanol–water partition coefficient (Wildman–Crippen LogP) is 4.34. The van der Waals surface area contributed by atoms with Crippen LogP contribution in [0.2, 0.25) is 0 Å². The number of hydrogen-bond acceptors (Lipinski definition) is 6. The van der Waals surface area contributed by atoms with Gasteiger partial charge in [0, 0.05) is 43.2 Å². The van der Waals surface area contributed by atoms with Crippen molar-refractivity contribution in [2.45, 2.75) is 26.7 Å². The van der Waals surface area contributed by atoms with Gasteiger partial charge in [-0.15, -0.1) is 11.3 Å². The monoisotopic (exact) mass is 451 g/mol. The topological polar surface area (TPSA) is 65.9 Å². The van der Waals surface area contributed by atoms with E-state index in [0.717, 1.165) is 49.0 Å². The van der Waals surface area contributed by atoms with Crippen molar-refractivity contribution in [3.05, 3.63) is 70.2 Å². The summed E-state index contributed by atoms with van der Waals surface area (Å²) in [5.41, 5.74) is 4.39. The molecule has 4 rings (SSSR count). The Labute approximate surface area is 193 Å². The quantitative estimate of drug-likeness (QED) is 0.550. The molecule has 1 aliphatic rings. The van der Waals surface area contributed by atoms with E-state index in [0.29, 0.717) is 12.4 Å². The summed E-state index contributed by atoms with van der Waals surface area (Å²) in [5, 5.41) is 10.0. The lowest BCUT2D eigenvalue weighted by atomic mass is 10.1. The molecular formula is C25H29N3O3S. The Kier molecular flexibility index (Phi) is 6.95. The van der Waals surface area contributed by atoms with Crippen LogP contribution < -0.4 is 14.5 Å². The predicted molar refractivity (Wildman–Crippen MR) is 129 cm³/mol. The summed E-state index contributed by atoms with van der Waals surface area (Å²) in [6.45, 7) is 8.67. The van der Waals surface area contributed by atoms with E-state index >= 15 is 0 Å². The van der Waals surface area contributed by atoms with Crippen LogP contribution in [0.25, 0.3) is 0 Å².